The third-order valence-corrected chi connectivity index (χ3v) is 11.3. The van der Waals surface area contributed by atoms with E-state index in [9.17, 15) is 0 Å². The Hall–Kier alpha value is -2.88. The Bertz CT molecular complexity index is 1090. The highest BCUT2D eigenvalue weighted by Gasteiger charge is 2.52. The van der Waals surface area contributed by atoms with E-state index >= 15 is 0 Å². The van der Waals surface area contributed by atoms with Crippen molar-refractivity contribution in [3.63, 3.8) is 0 Å². The molecule has 31 heavy (non-hydrogen) atoms. The molecule has 1 nitrogen and oxygen atoms in total. The second kappa shape index (κ2) is 9.09. The summed E-state index contributed by atoms with van der Waals surface area (Å²) < 4.78 is 7.23. The van der Waals surface area contributed by atoms with E-state index in [-0.39, 0.29) is 5.04 Å². The second-order valence-corrected chi connectivity index (χ2v) is 13.9. The molecule has 0 radical (unpaired) electrons. The van der Waals surface area contributed by atoms with Gasteiger partial charge in [0.2, 0.25) is 0 Å². The van der Waals surface area contributed by atoms with Crippen LogP contribution in [0.15, 0.2) is 102 Å². The zero-order valence-corrected chi connectivity index (χ0v) is 20.1. The molecule has 156 valence electrons. The van der Waals surface area contributed by atoms with Gasteiger partial charge in [0, 0.05) is 10.4 Å². The fourth-order valence-corrected chi connectivity index (χ4v) is 9.15. The van der Waals surface area contributed by atoms with Crippen LogP contribution in [0.3, 0.4) is 0 Å². The third-order valence-electron chi connectivity index (χ3n) is 5.57. The number of hydrogen-bond donors (Lipinski definition) is 0. The molecule has 4 aromatic rings. The first kappa shape index (κ1) is 21.4. The molecule has 0 amide bonds. The highest BCUT2D eigenvalue weighted by atomic mass is 32.1. The van der Waals surface area contributed by atoms with E-state index in [4.69, 9.17) is 4.43 Å². The first-order valence-corrected chi connectivity index (χ1v) is 13.4. The number of rotatable bonds is 6. The lowest BCUT2D eigenvalue weighted by molar-refractivity contribution is 0.507. The van der Waals surface area contributed by atoms with Crippen molar-refractivity contribution in [2.75, 3.05) is 0 Å². The summed E-state index contributed by atoms with van der Waals surface area (Å²) in [7, 11) is -2.65. The molecular formula is C28H28OSSi. The molecule has 0 bridgehead atoms. The minimum Gasteiger partial charge on any atom is -0.534 e. The van der Waals surface area contributed by atoms with Gasteiger partial charge >= 0.3 is 8.32 Å². The van der Waals surface area contributed by atoms with Crippen molar-refractivity contribution < 1.29 is 4.43 Å². The first-order chi connectivity index (χ1) is 15.0. The van der Waals surface area contributed by atoms with Gasteiger partial charge in [0.05, 0.1) is 0 Å². The minimum atomic E-state index is -2.65. The van der Waals surface area contributed by atoms with Crippen LogP contribution in [0.4, 0.5) is 0 Å². The predicted molar refractivity (Wildman–Crippen MR) is 138 cm³/mol. The summed E-state index contributed by atoms with van der Waals surface area (Å²) in [6.45, 7) is 6.93. The van der Waals surface area contributed by atoms with Gasteiger partial charge in [-0.15, -0.1) is 11.3 Å². The first-order valence-electron chi connectivity index (χ1n) is 10.6. The van der Waals surface area contributed by atoms with Gasteiger partial charge in [-0.05, 0) is 45.1 Å². The monoisotopic (exact) mass is 440 g/mol. The van der Waals surface area contributed by atoms with Crippen LogP contribution in [0.1, 0.15) is 31.2 Å². The van der Waals surface area contributed by atoms with Gasteiger partial charge in [0.15, 0.2) is 0 Å². The van der Waals surface area contributed by atoms with Gasteiger partial charge in [0.1, 0.15) is 5.75 Å². The molecule has 3 aromatic carbocycles. The fraction of sp³-hybridized carbons (Fsp3) is 0.143. The predicted octanol–water partition coefficient (Wildman–Crippen LogP) is 6.86. The molecule has 0 unspecified atom stereocenters. The van der Waals surface area contributed by atoms with E-state index in [0.717, 1.165) is 11.3 Å². The third kappa shape index (κ3) is 4.43. The molecule has 0 aliphatic carbocycles. The van der Waals surface area contributed by atoms with Gasteiger partial charge < -0.3 is 4.43 Å². The normalized spacial score (nSPS) is 12.2. The Kier molecular flexibility index (Phi) is 6.26. The Labute approximate surface area is 190 Å². The molecule has 0 spiro atoms. The van der Waals surface area contributed by atoms with E-state index in [1.807, 2.05) is 0 Å². The lowest BCUT2D eigenvalue weighted by Gasteiger charge is -2.43. The SMILES string of the molecule is CC(C)(C)[Si](Oc1ccccc1C=Cc1cccs1)(c1ccccc1)c1ccccc1. The van der Waals surface area contributed by atoms with E-state index in [1.165, 1.54) is 15.3 Å². The highest BCUT2D eigenvalue weighted by Crippen LogP contribution is 2.38. The van der Waals surface area contributed by atoms with E-state index in [2.05, 4.69) is 135 Å². The number of para-hydroxylation sites is 1. The van der Waals surface area contributed by atoms with Gasteiger partial charge in [-0.1, -0.05) is 106 Å². The van der Waals surface area contributed by atoms with E-state index in [1.54, 1.807) is 11.3 Å². The van der Waals surface area contributed by atoms with Crippen LogP contribution >= 0.6 is 11.3 Å². The van der Waals surface area contributed by atoms with Gasteiger partial charge in [-0.3, -0.25) is 0 Å². The van der Waals surface area contributed by atoms with Crippen LogP contribution in [-0.2, 0) is 0 Å². The average molecular weight is 441 g/mol. The summed E-state index contributed by atoms with van der Waals surface area (Å²) in [5, 5.41) is 4.60. The van der Waals surface area contributed by atoms with Crippen LogP contribution in [0, 0.1) is 0 Å². The molecule has 0 saturated heterocycles. The largest absolute Gasteiger partial charge is 0.534 e. The van der Waals surface area contributed by atoms with Crippen molar-refractivity contribution in [2.45, 2.75) is 25.8 Å². The maximum atomic E-state index is 7.23. The summed E-state index contributed by atoms with van der Waals surface area (Å²) >= 11 is 1.74. The van der Waals surface area contributed by atoms with Crippen LogP contribution in [-0.4, -0.2) is 8.32 Å². The number of thiophene rings is 1. The maximum absolute atomic E-state index is 7.23. The fourth-order valence-electron chi connectivity index (χ4n) is 4.08. The van der Waals surface area contributed by atoms with Crippen molar-refractivity contribution in [3.8, 4) is 5.75 Å². The van der Waals surface area contributed by atoms with Crippen LogP contribution in [0.2, 0.25) is 5.04 Å². The molecule has 3 heteroatoms. The van der Waals surface area contributed by atoms with Crippen molar-refractivity contribution in [1.82, 2.24) is 0 Å². The zero-order chi connectivity index (χ0) is 21.7. The molecule has 0 aliphatic heterocycles. The van der Waals surface area contributed by atoms with Crippen LogP contribution < -0.4 is 14.8 Å². The summed E-state index contributed by atoms with van der Waals surface area (Å²) in [4.78, 5) is 1.24. The molecule has 0 fully saturated rings. The van der Waals surface area contributed by atoms with Gasteiger partial charge in [-0.2, -0.15) is 0 Å². The number of hydrogen-bond acceptors (Lipinski definition) is 2. The van der Waals surface area contributed by atoms with Crippen molar-refractivity contribution in [2.24, 2.45) is 0 Å². The lowest BCUT2D eigenvalue weighted by Crippen LogP contribution is -2.68. The van der Waals surface area contributed by atoms with Gasteiger partial charge in [0.25, 0.3) is 0 Å². The average Bonchev–Trinajstić information content (AvgIpc) is 3.31. The van der Waals surface area contributed by atoms with E-state index in [0.29, 0.717) is 0 Å². The molecule has 0 atom stereocenters. The Balaban J connectivity index is 1.87. The molecular weight excluding hydrogens is 412 g/mol. The van der Waals surface area contributed by atoms with E-state index < -0.39 is 8.32 Å². The molecule has 1 aromatic heterocycles. The van der Waals surface area contributed by atoms with Crippen LogP contribution in [0.25, 0.3) is 12.2 Å². The Morgan fingerprint density at radius 3 is 1.81 bits per heavy atom. The molecule has 0 aliphatic rings. The van der Waals surface area contributed by atoms with Crippen molar-refractivity contribution in [1.29, 1.82) is 0 Å². The lowest BCUT2D eigenvalue weighted by atomic mass is 10.2. The second-order valence-electron chi connectivity index (χ2n) is 8.65. The summed E-state index contributed by atoms with van der Waals surface area (Å²) in [6.07, 6.45) is 4.33. The van der Waals surface area contributed by atoms with Crippen molar-refractivity contribution >= 4 is 42.2 Å². The summed E-state index contributed by atoms with van der Waals surface area (Å²) in [6, 6.07) is 34.2. The Morgan fingerprint density at radius 2 is 1.26 bits per heavy atom. The molecule has 4 rings (SSSR count). The molecule has 1 heterocycles. The minimum absolute atomic E-state index is 0.0692. The van der Waals surface area contributed by atoms with Gasteiger partial charge in [-0.25, -0.2) is 0 Å². The number of benzene rings is 3. The topological polar surface area (TPSA) is 9.23 Å². The molecule has 0 N–H and O–H groups in total. The zero-order valence-electron chi connectivity index (χ0n) is 18.3. The standard InChI is InChI=1S/C28H28OSSi/c1-28(2,3)31(25-15-6-4-7-16-25,26-17-8-5-9-18-26)29-27-19-11-10-13-23(27)20-21-24-14-12-22-30-24/h4-22H,1-3H3. The molecule has 0 saturated carbocycles. The van der Waals surface area contributed by atoms with Crippen molar-refractivity contribution in [3.05, 3.63) is 113 Å². The Morgan fingerprint density at radius 1 is 0.677 bits per heavy atom. The van der Waals surface area contributed by atoms with Crippen LogP contribution in [0.5, 0.6) is 5.75 Å². The quantitative estimate of drug-likeness (QED) is 0.298. The smallest absolute Gasteiger partial charge is 0.319 e. The summed E-state index contributed by atoms with van der Waals surface area (Å²) in [5.41, 5.74) is 1.10. The maximum Gasteiger partial charge on any atom is 0.319 e. The summed E-state index contributed by atoms with van der Waals surface area (Å²) in [5.74, 6) is 0.935. The highest BCUT2D eigenvalue weighted by molar-refractivity contribution is 7.10.